The normalized spacial score (nSPS) is 10.6. The van der Waals surface area contributed by atoms with E-state index in [-0.39, 0.29) is 47.0 Å². The van der Waals surface area contributed by atoms with Crippen molar-refractivity contribution in [1.29, 1.82) is 0 Å². The third kappa shape index (κ3) is 3.42. The van der Waals surface area contributed by atoms with Gasteiger partial charge < -0.3 is 14.3 Å². The van der Waals surface area contributed by atoms with Crippen LogP contribution in [0.3, 0.4) is 0 Å². The Morgan fingerprint density at radius 1 is 1.04 bits per heavy atom. The Kier molecular flexibility index (Phi) is 5.23. The number of hydrogen-bond acceptors (Lipinski definition) is 5. The van der Waals surface area contributed by atoms with Crippen LogP contribution in [0, 0.1) is 0 Å². The van der Waals surface area contributed by atoms with Gasteiger partial charge in [-0.05, 0) is 18.2 Å². The van der Waals surface area contributed by atoms with E-state index in [1.165, 1.54) is 6.07 Å². The van der Waals surface area contributed by atoms with Gasteiger partial charge in [0.1, 0.15) is 11.3 Å². The quantitative estimate of drug-likeness (QED) is 0.455. The second-order valence-electron chi connectivity index (χ2n) is 5.71. The van der Waals surface area contributed by atoms with Crippen molar-refractivity contribution in [3.05, 3.63) is 76.5 Å². The second kappa shape index (κ2) is 7.41. The molecule has 2 heterocycles. The first kappa shape index (κ1) is 18.3. The smallest absolute Gasteiger partial charge is 0.550 e. The van der Waals surface area contributed by atoms with Crippen molar-refractivity contribution in [2.75, 3.05) is 0 Å². The number of hydrogen-bond donors (Lipinski definition) is 0. The molecule has 0 amide bonds. The summed E-state index contributed by atoms with van der Waals surface area (Å²) < 4.78 is 5.86. The van der Waals surface area contributed by atoms with E-state index in [0.717, 1.165) is 10.9 Å². The van der Waals surface area contributed by atoms with Crippen molar-refractivity contribution < 1.29 is 43.9 Å². The molecule has 2 aromatic heterocycles. The zero-order valence-corrected chi connectivity index (χ0v) is 16.1. The summed E-state index contributed by atoms with van der Waals surface area (Å²) in [5.74, 6) is -0.932. The standard InChI is InChI=1S/C20H13NO4.Na/c22-17-11-18(16-9-8-12-4-1-2-7-15(12)21-16)25-20-13(10-19(23)24)5-3-6-14(17)20;/h1-9,11H,10H2,(H,23,24);/q;+1/p-1. The number of aliphatic carboxylic acids is 1. The Bertz CT molecular complexity index is 1180. The van der Waals surface area contributed by atoms with E-state index in [0.29, 0.717) is 22.4 Å². The van der Waals surface area contributed by atoms with Gasteiger partial charge in [-0.2, -0.15) is 0 Å². The molecule has 0 saturated carbocycles. The third-order valence-corrected chi connectivity index (χ3v) is 4.02. The van der Waals surface area contributed by atoms with Crippen LogP contribution < -0.4 is 40.1 Å². The van der Waals surface area contributed by atoms with Crippen molar-refractivity contribution in [2.24, 2.45) is 0 Å². The largest absolute Gasteiger partial charge is 1.00 e. The van der Waals surface area contributed by atoms with E-state index in [9.17, 15) is 14.7 Å². The first-order chi connectivity index (χ1) is 12.1. The van der Waals surface area contributed by atoms with E-state index in [1.807, 2.05) is 30.3 Å². The average molecular weight is 353 g/mol. The first-order valence-corrected chi connectivity index (χ1v) is 7.73. The van der Waals surface area contributed by atoms with Gasteiger partial charge in [-0.25, -0.2) is 4.98 Å². The number of benzene rings is 2. The van der Waals surface area contributed by atoms with Gasteiger partial charge in [-0.3, -0.25) is 4.79 Å². The fraction of sp³-hybridized carbons (Fsp3) is 0.0500. The van der Waals surface area contributed by atoms with Crippen LogP contribution in [0.15, 0.2) is 69.9 Å². The van der Waals surface area contributed by atoms with Crippen LogP contribution in [0.5, 0.6) is 0 Å². The zero-order valence-electron chi connectivity index (χ0n) is 14.1. The van der Waals surface area contributed by atoms with Gasteiger partial charge in [0.05, 0.1) is 10.9 Å². The number of carbonyl (C=O) groups excluding carboxylic acids is 1. The van der Waals surface area contributed by atoms with Gasteiger partial charge in [-0.1, -0.05) is 36.4 Å². The summed E-state index contributed by atoms with van der Waals surface area (Å²) in [5, 5.41) is 12.3. The minimum atomic E-state index is -1.23. The van der Waals surface area contributed by atoms with E-state index >= 15 is 0 Å². The Labute approximate surface area is 170 Å². The summed E-state index contributed by atoms with van der Waals surface area (Å²) >= 11 is 0. The molecular formula is C20H12NNaO4. The van der Waals surface area contributed by atoms with Gasteiger partial charge in [0.15, 0.2) is 11.2 Å². The summed E-state index contributed by atoms with van der Waals surface area (Å²) in [6.45, 7) is 0. The molecule has 6 heteroatoms. The summed E-state index contributed by atoms with van der Waals surface area (Å²) in [5.41, 5.74) is 1.71. The number of para-hydroxylation sites is 2. The molecule has 2 aromatic carbocycles. The minimum absolute atomic E-state index is 0. The number of pyridine rings is 1. The molecule has 0 aliphatic heterocycles. The molecule has 5 nitrogen and oxygen atoms in total. The molecule has 0 N–H and O–H groups in total. The fourth-order valence-electron chi connectivity index (χ4n) is 2.86. The summed E-state index contributed by atoms with van der Waals surface area (Å²) in [7, 11) is 0. The molecule has 0 fully saturated rings. The molecular weight excluding hydrogens is 341 g/mol. The number of aromatic nitrogens is 1. The predicted molar refractivity (Wildman–Crippen MR) is 91.9 cm³/mol. The Morgan fingerprint density at radius 3 is 2.65 bits per heavy atom. The molecule has 0 saturated heterocycles. The van der Waals surface area contributed by atoms with Gasteiger partial charge in [-0.15, -0.1) is 0 Å². The SMILES string of the molecule is O=C([O-])Cc1cccc2c(=O)cc(-c3ccc4ccccc4n3)oc12.[Na+]. The maximum absolute atomic E-state index is 12.4. The van der Waals surface area contributed by atoms with Crippen molar-refractivity contribution in [3.63, 3.8) is 0 Å². The second-order valence-corrected chi connectivity index (χ2v) is 5.71. The van der Waals surface area contributed by atoms with Crippen molar-refractivity contribution in [1.82, 2.24) is 4.98 Å². The maximum Gasteiger partial charge on any atom is 1.00 e. The van der Waals surface area contributed by atoms with E-state index in [1.54, 1.807) is 24.3 Å². The van der Waals surface area contributed by atoms with Crippen LogP contribution in [0.4, 0.5) is 0 Å². The average Bonchev–Trinajstić information content (AvgIpc) is 2.61. The van der Waals surface area contributed by atoms with Gasteiger partial charge >= 0.3 is 29.6 Å². The van der Waals surface area contributed by atoms with Gasteiger partial charge in [0.2, 0.25) is 0 Å². The maximum atomic E-state index is 12.4. The topological polar surface area (TPSA) is 83.2 Å². The van der Waals surface area contributed by atoms with E-state index < -0.39 is 5.97 Å². The number of nitrogens with zero attached hydrogens (tertiary/aromatic N) is 1. The van der Waals surface area contributed by atoms with Crippen LogP contribution in [0.2, 0.25) is 0 Å². The van der Waals surface area contributed by atoms with Crippen LogP contribution >= 0.6 is 0 Å². The fourth-order valence-corrected chi connectivity index (χ4v) is 2.86. The number of fused-ring (bicyclic) bond motifs is 2. The van der Waals surface area contributed by atoms with Gasteiger partial charge in [0, 0.05) is 29.4 Å². The Morgan fingerprint density at radius 2 is 1.85 bits per heavy atom. The van der Waals surface area contributed by atoms with Crippen LogP contribution in [-0.2, 0) is 11.2 Å². The third-order valence-electron chi connectivity index (χ3n) is 4.02. The van der Waals surface area contributed by atoms with Crippen molar-refractivity contribution in [3.8, 4) is 11.5 Å². The number of carboxylic acids is 1. The van der Waals surface area contributed by atoms with E-state index in [2.05, 4.69) is 4.98 Å². The molecule has 0 aliphatic carbocycles. The molecule has 122 valence electrons. The molecule has 0 spiro atoms. The van der Waals surface area contributed by atoms with E-state index in [4.69, 9.17) is 4.42 Å². The number of rotatable bonds is 3. The van der Waals surface area contributed by atoms with Crippen molar-refractivity contribution >= 4 is 27.8 Å². The molecule has 0 atom stereocenters. The molecule has 4 aromatic rings. The van der Waals surface area contributed by atoms with Crippen LogP contribution in [-0.4, -0.2) is 11.0 Å². The Balaban J connectivity index is 0.00000196. The molecule has 0 aliphatic rings. The summed E-state index contributed by atoms with van der Waals surface area (Å²) in [4.78, 5) is 27.9. The number of carboxylic acid groups (broad SMARTS) is 1. The minimum Gasteiger partial charge on any atom is -0.550 e. The molecule has 4 rings (SSSR count). The molecule has 26 heavy (non-hydrogen) atoms. The first-order valence-electron chi connectivity index (χ1n) is 7.73. The Hall–Kier alpha value is -2.47. The monoisotopic (exact) mass is 353 g/mol. The van der Waals surface area contributed by atoms with Crippen LogP contribution in [0.1, 0.15) is 5.56 Å². The molecule has 0 unspecified atom stereocenters. The molecule has 0 radical (unpaired) electrons. The predicted octanol–water partition coefficient (Wildman–Crippen LogP) is -0.695. The zero-order chi connectivity index (χ0) is 17.4. The van der Waals surface area contributed by atoms with Crippen molar-refractivity contribution in [2.45, 2.75) is 6.42 Å². The summed E-state index contributed by atoms with van der Waals surface area (Å²) in [6.07, 6.45) is -0.325. The van der Waals surface area contributed by atoms with Crippen LogP contribution in [0.25, 0.3) is 33.3 Å². The van der Waals surface area contributed by atoms with Gasteiger partial charge in [0.25, 0.3) is 0 Å². The summed E-state index contributed by atoms with van der Waals surface area (Å²) in [6, 6.07) is 17.5. The number of carbonyl (C=O) groups is 1. The molecule has 0 bridgehead atoms.